The SMILES string of the molecule is [Br-].c1ccc(CCc2ccccc2C[P+](c2ccccc2)(c2ccccc2)c2ccccc2)cc1. The molecule has 174 valence electrons. The topological polar surface area (TPSA) is 0 Å². The highest BCUT2D eigenvalue weighted by atomic mass is 79.9. The quantitative estimate of drug-likeness (QED) is 0.263. The van der Waals surface area contributed by atoms with E-state index in [9.17, 15) is 0 Å². The van der Waals surface area contributed by atoms with Gasteiger partial charge in [-0.05, 0) is 65.9 Å². The summed E-state index contributed by atoms with van der Waals surface area (Å²) in [5.41, 5.74) is 4.31. The van der Waals surface area contributed by atoms with Gasteiger partial charge in [-0.2, -0.15) is 0 Å². The summed E-state index contributed by atoms with van der Waals surface area (Å²) >= 11 is 0. The van der Waals surface area contributed by atoms with Gasteiger partial charge in [0.05, 0.1) is 6.16 Å². The zero-order valence-electron chi connectivity index (χ0n) is 19.8. The lowest BCUT2D eigenvalue weighted by Crippen LogP contribution is -3.00. The lowest BCUT2D eigenvalue weighted by Gasteiger charge is -2.28. The average Bonchev–Trinajstić information content (AvgIpc) is 2.93. The molecule has 35 heavy (non-hydrogen) atoms. The van der Waals surface area contributed by atoms with E-state index in [0.717, 1.165) is 19.0 Å². The van der Waals surface area contributed by atoms with E-state index >= 15 is 0 Å². The smallest absolute Gasteiger partial charge is 0.116 e. The molecule has 0 aromatic heterocycles. The largest absolute Gasteiger partial charge is 1.00 e. The van der Waals surface area contributed by atoms with Gasteiger partial charge < -0.3 is 17.0 Å². The lowest BCUT2D eigenvalue weighted by atomic mass is 10.0. The highest BCUT2D eigenvalue weighted by Crippen LogP contribution is 2.58. The van der Waals surface area contributed by atoms with Crippen LogP contribution in [0, 0.1) is 0 Å². The summed E-state index contributed by atoms with van der Waals surface area (Å²) in [5.74, 6) is 0. The Hall–Kier alpha value is -2.99. The molecular formula is C33H30BrP. The molecule has 0 spiro atoms. The van der Waals surface area contributed by atoms with Crippen molar-refractivity contribution in [3.05, 3.63) is 162 Å². The van der Waals surface area contributed by atoms with Crippen molar-refractivity contribution in [2.24, 2.45) is 0 Å². The molecule has 5 aromatic carbocycles. The van der Waals surface area contributed by atoms with Gasteiger partial charge in [-0.25, -0.2) is 0 Å². The average molecular weight is 537 g/mol. The monoisotopic (exact) mass is 536 g/mol. The van der Waals surface area contributed by atoms with Crippen LogP contribution in [0.25, 0.3) is 0 Å². The Morgan fingerprint density at radius 2 is 0.743 bits per heavy atom. The van der Waals surface area contributed by atoms with Gasteiger partial charge in [0.1, 0.15) is 23.2 Å². The number of hydrogen-bond acceptors (Lipinski definition) is 0. The van der Waals surface area contributed by atoms with Crippen molar-refractivity contribution in [2.75, 3.05) is 0 Å². The molecule has 2 heteroatoms. The van der Waals surface area contributed by atoms with E-state index in [1.165, 1.54) is 32.6 Å². The minimum Gasteiger partial charge on any atom is -1.00 e. The van der Waals surface area contributed by atoms with Crippen molar-refractivity contribution < 1.29 is 17.0 Å². The minimum atomic E-state index is -1.90. The fraction of sp³-hybridized carbons (Fsp3) is 0.0909. The Kier molecular flexibility index (Phi) is 8.69. The molecule has 0 bridgehead atoms. The van der Waals surface area contributed by atoms with Crippen molar-refractivity contribution in [2.45, 2.75) is 19.0 Å². The number of benzene rings is 5. The first-order valence-electron chi connectivity index (χ1n) is 12.0. The second-order valence-corrected chi connectivity index (χ2v) is 12.2. The van der Waals surface area contributed by atoms with Gasteiger partial charge in [0.2, 0.25) is 0 Å². The molecule has 0 heterocycles. The first-order valence-corrected chi connectivity index (χ1v) is 14.0. The molecule has 0 aliphatic heterocycles. The predicted molar refractivity (Wildman–Crippen MR) is 149 cm³/mol. The summed E-state index contributed by atoms with van der Waals surface area (Å²) in [6, 6.07) is 53.4. The highest BCUT2D eigenvalue weighted by molar-refractivity contribution is 7.95. The van der Waals surface area contributed by atoms with Crippen LogP contribution in [0.1, 0.15) is 16.7 Å². The van der Waals surface area contributed by atoms with Gasteiger partial charge in [-0.15, -0.1) is 0 Å². The van der Waals surface area contributed by atoms with Gasteiger partial charge in [-0.3, -0.25) is 0 Å². The Morgan fingerprint density at radius 3 is 1.20 bits per heavy atom. The molecule has 0 atom stereocenters. The van der Waals surface area contributed by atoms with Gasteiger partial charge in [-0.1, -0.05) is 109 Å². The molecule has 0 saturated carbocycles. The van der Waals surface area contributed by atoms with Crippen LogP contribution in [-0.4, -0.2) is 0 Å². The number of rotatable bonds is 8. The van der Waals surface area contributed by atoms with Crippen LogP contribution in [-0.2, 0) is 19.0 Å². The molecule has 0 fully saturated rings. The maximum Gasteiger partial charge on any atom is 0.116 e. The first kappa shape index (κ1) is 25.1. The van der Waals surface area contributed by atoms with Crippen molar-refractivity contribution in [1.29, 1.82) is 0 Å². The van der Waals surface area contributed by atoms with Crippen molar-refractivity contribution in [1.82, 2.24) is 0 Å². The van der Waals surface area contributed by atoms with E-state index in [1.54, 1.807) is 0 Å². The Labute approximate surface area is 220 Å². The van der Waals surface area contributed by atoms with E-state index in [-0.39, 0.29) is 17.0 Å². The molecule has 5 rings (SSSR count). The van der Waals surface area contributed by atoms with Crippen LogP contribution in [0.15, 0.2) is 146 Å². The second-order valence-electron chi connectivity index (χ2n) is 8.73. The minimum absolute atomic E-state index is 0. The normalized spacial score (nSPS) is 11.0. The predicted octanol–water partition coefficient (Wildman–Crippen LogP) is 3.97. The zero-order valence-corrected chi connectivity index (χ0v) is 22.3. The zero-order chi connectivity index (χ0) is 23.1. The van der Waals surface area contributed by atoms with E-state index in [2.05, 4.69) is 146 Å². The molecule has 5 aromatic rings. The van der Waals surface area contributed by atoms with Crippen molar-refractivity contribution in [3.63, 3.8) is 0 Å². The summed E-state index contributed by atoms with van der Waals surface area (Å²) in [5, 5.41) is 4.31. The second kappa shape index (κ2) is 12.1. The fourth-order valence-corrected chi connectivity index (χ4v) is 9.21. The van der Waals surface area contributed by atoms with E-state index < -0.39 is 7.26 Å². The van der Waals surface area contributed by atoms with Crippen LogP contribution in [0.3, 0.4) is 0 Å². The van der Waals surface area contributed by atoms with E-state index in [4.69, 9.17) is 0 Å². The Balaban J connectivity index is 0.00000289. The number of halogens is 1. The summed E-state index contributed by atoms with van der Waals surface area (Å²) in [6.45, 7) is 0. The molecule has 0 aliphatic rings. The van der Waals surface area contributed by atoms with Gasteiger partial charge >= 0.3 is 0 Å². The molecule has 0 amide bonds. The number of hydrogen-bond donors (Lipinski definition) is 0. The molecule has 0 N–H and O–H groups in total. The maximum absolute atomic E-state index is 2.35. The van der Waals surface area contributed by atoms with E-state index in [0.29, 0.717) is 0 Å². The third-order valence-corrected chi connectivity index (χ3v) is 11.0. The van der Waals surface area contributed by atoms with Crippen LogP contribution in [0.4, 0.5) is 0 Å². The van der Waals surface area contributed by atoms with E-state index in [1.807, 2.05) is 0 Å². The highest BCUT2D eigenvalue weighted by Gasteiger charge is 2.45. The van der Waals surface area contributed by atoms with Crippen LogP contribution >= 0.6 is 7.26 Å². The summed E-state index contributed by atoms with van der Waals surface area (Å²) in [4.78, 5) is 0. The third-order valence-electron chi connectivity index (χ3n) is 6.64. The Bertz CT molecular complexity index is 1210. The summed E-state index contributed by atoms with van der Waals surface area (Å²) in [6.07, 6.45) is 3.14. The molecular weight excluding hydrogens is 507 g/mol. The molecule has 0 aliphatic carbocycles. The maximum atomic E-state index is 2.35. The van der Waals surface area contributed by atoms with Gasteiger partial charge in [0, 0.05) is 0 Å². The summed E-state index contributed by atoms with van der Waals surface area (Å²) < 4.78 is 0. The van der Waals surface area contributed by atoms with Crippen LogP contribution in [0.5, 0.6) is 0 Å². The molecule has 0 unspecified atom stereocenters. The molecule has 0 nitrogen and oxygen atoms in total. The molecule has 0 saturated heterocycles. The van der Waals surface area contributed by atoms with Crippen LogP contribution < -0.4 is 32.9 Å². The van der Waals surface area contributed by atoms with Crippen LogP contribution in [0.2, 0.25) is 0 Å². The lowest BCUT2D eigenvalue weighted by molar-refractivity contribution is -0.00000660. The first-order chi connectivity index (χ1) is 16.9. The number of aryl methyl sites for hydroxylation is 2. The van der Waals surface area contributed by atoms with Gasteiger partial charge in [0.25, 0.3) is 0 Å². The van der Waals surface area contributed by atoms with Crippen molar-refractivity contribution >= 4 is 23.2 Å². The standard InChI is InChI=1S/C33H30P.BrH/c1-5-15-28(16-6-1)25-26-29-17-13-14-18-30(29)27-34(31-19-7-2-8-20-31,32-21-9-3-10-22-32)33-23-11-4-12-24-33;/h1-24H,25-27H2;1H/q+1;/p-1. The van der Waals surface area contributed by atoms with Crippen molar-refractivity contribution in [3.8, 4) is 0 Å². The Morgan fingerprint density at radius 1 is 0.371 bits per heavy atom. The fourth-order valence-electron chi connectivity index (χ4n) is 4.90. The van der Waals surface area contributed by atoms with Gasteiger partial charge in [0.15, 0.2) is 0 Å². The summed E-state index contributed by atoms with van der Waals surface area (Å²) in [7, 11) is -1.90. The molecule has 0 radical (unpaired) electrons. The third kappa shape index (κ3) is 5.64.